The Bertz CT molecular complexity index is 659. The van der Waals surface area contributed by atoms with Crippen LogP contribution in [0.2, 0.25) is 0 Å². The molecule has 0 aromatic carbocycles. The fourth-order valence-electron chi connectivity index (χ4n) is 4.39. The summed E-state index contributed by atoms with van der Waals surface area (Å²) in [6, 6.07) is 4.07. The quantitative estimate of drug-likeness (QED) is 0.839. The number of hydrogen-bond donors (Lipinski definition) is 1. The Balaban J connectivity index is 1.27. The molecule has 1 saturated carbocycles. The van der Waals surface area contributed by atoms with Crippen molar-refractivity contribution < 1.29 is 5.11 Å². The van der Waals surface area contributed by atoms with Gasteiger partial charge in [0.25, 0.3) is 0 Å². The largest absolute Gasteiger partial charge is 0.387 e. The number of nitrogens with zero attached hydrogens (tertiary/aromatic N) is 3. The molecule has 1 saturated heterocycles. The zero-order chi connectivity index (χ0) is 17.8. The topological polar surface area (TPSA) is 49.2 Å². The standard InChI is InChI=1S/C21H29N3OS/c25-20(19-7-4-12-26-19)17-8-10-24(11-9-17)15-16-13-22-21(23-14-16)18-5-2-1-3-6-18/h4,7,12-14,17-18,20,25H,1-3,5-6,8-11,15H2/t20-/m0/s1. The molecule has 2 aromatic heterocycles. The van der Waals surface area contributed by atoms with Crippen LogP contribution in [0.4, 0.5) is 0 Å². The second-order valence-electron chi connectivity index (χ2n) is 7.86. The van der Waals surface area contributed by atoms with Gasteiger partial charge in [0.1, 0.15) is 5.82 Å². The molecule has 4 nitrogen and oxygen atoms in total. The summed E-state index contributed by atoms with van der Waals surface area (Å²) in [7, 11) is 0. The van der Waals surface area contributed by atoms with Gasteiger partial charge in [0.15, 0.2) is 0 Å². The van der Waals surface area contributed by atoms with Gasteiger partial charge in [-0.15, -0.1) is 11.3 Å². The van der Waals surface area contributed by atoms with Gasteiger partial charge in [0.05, 0.1) is 6.10 Å². The van der Waals surface area contributed by atoms with Gasteiger partial charge in [-0.2, -0.15) is 0 Å². The highest BCUT2D eigenvalue weighted by Crippen LogP contribution is 2.33. The first-order valence-electron chi connectivity index (χ1n) is 10.0. The lowest BCUT2D eigenvalue weighted by Crippen LogP contribution is -2.35. The molecule has 0 amide bonds. The molecule has 26 heavy (non-hydrogen) atoms. The molecule has 2 aromatic rings. The lowest BCUT2D eigenvalue weighted by Gasteiger charge is -2.33. The van der Waals surface area contributed by atoms with Gasteiger partial charge in [-0.3, -0.25) is 4.90 Å². The van der Waals surface area contributed by atoms with Crippen LogP contribution in [-0.4, -0.2) is 33.1 Å². The third kappa shape index (κ3) is 4.33. The third-order valence-corrected chi connectivity index (χ3v) is 6.96. The van der Waals surface area contributed by atoms with Crippen molar-refractivity contribution in [3.8, 4) is 0 Å². The predicted octanol–water partition coefficient (Wildman–Crippen LogP) is 4.53. The van der Waals surface area contributed by atoms with Crippen molar-refractivity contribution in [2.24, 2.45) is 5.92 Å². The molecule has 2 aliphatic rings. The second kappa shape index (κ2) is 8.59. The van der Waals surface area contributed by atoms with E-state index in [1.54, 1.807) is 11.3 Å². The van der Waals surface area contributed by atoms with Crippen LogP contribution in [0.3, 0.4) is 0 Å². The third-order valence-electron chi connectivity index (χ3n) is 6.02. The molecule has 1 aliphatic carbocycles. The van der Waals surface area contributed by atoms with Crippen LogP contribution in [0.15, 0.2) is 29.9 Å². The molecule has 0 unspecified atom stereocenters. The van der Waals surface area contributed by atoms with Crippen molar-refractivity contribution in [2.75, 3.05) is 13.1 Å². The lowest BCUT2D eigenvalue weighted by molar-refractivity contribution is 0.0590. The van der Waals surface area contributed by atoms with E-state index in [1.165, 1.54) is 37.7 Å². The molecule has 140 valence electrons. The van der Waals surface area contributed by atoms with E-state index < -0.39 is 0 Å². The molecule has 1 aliphatic heterocycles. The summed E-state index contributed by atoms with van der Waals surface area (Å²) < 4.78 is 0. The number of hydrogen-bond acceptors (Lipinski definition) is 5. The van der Waals surface area contributed by atoms with Gasteiger partial charge in [-0.1, -0.05) is 25.3 Å². The highest BCUT2D eigenvalue weighted by Gasteiger charge is 2.27. The molecule has 3 heterocycles. The van der Waals surface area contributed by atoms with Crippen LogP contribution < -0.4 is 0 Å². The number of aliphatic hydroxyl groups is 1. The van der Waals surface area contributed by atoms with Gasteiger partial charge < -0.3 is 5.11 Å². The van der Waals surface area contributed by atoms with Crippen LogP contribution >= 0.6 is 11.3 Å². The van der Waals surface area contributed by atoms with E-state index in [1.807, 2.05) is 29.9 Å². The number of thiophene rings is 1. The number of likely N-dealkylation sites (tertiary alicyclic amines) is 1. The Morgan fingerprint density at radius 2 is 1.81 bits per heavy atom. The number of aliphatic hydroxyl groups excluding tert-OH is 1. The van der Waals surface area contributed by atoms with Crippen molar-refractivity contribution in [2.45, 2.75) is 63.5 Å². The maximum atomic E-state index is 10.5. The van der Waals surface area contributed by atoms with Crippen LogP contribution in [0, 0.1) is 5.92 Å². The number of aromatic nitrogens is 2. The van der Waals surface area contributed by atoms with Gasteiger partial charge >= 0.3 is 0 Å². The first-order valence-corrected chi connectivity index (χ1v) is 10.9. The normalized spacial score (nSPS) is 21.7. The molecule has 0 bridgehead atoms. The highest BCUT2D eigenvalue weighted by molar-refractivity contribution is 7.10. The van der Waals surface area contributed by atoms with E-state index in [2.05, 4.69) is 14.9 Å². The van der Waals surface area contributed by atoms with Gasteiger partial charge in [-0.05, 0) is 56.1 Å². The Morgan fingerprint density at radius 1 is 1.08 bits per heavy atom. The van der Waals surface area contributed by atoms with Crippen LogP contribution in [0.1, 0.15) is 73.2 Å². The summed E-state index contributed by atoms with van der Waals surface area (Å²) in [5.74, 6) is 2.01. The molecule has 4 rings (SSSR count). The van der Waals surface area contributed by atoms with Gasteiger partial charge in [-0.25, -0.2) is 9.97 Å². The Kier molecular flexibility index (Phi) is 5.98. The smallest absolute Gasteiger partial charge is 0.131 e. The van der Waals surface area contributed by atoms with E-state index in [0.717, 1.165) is 43.2 Å². The van der Waals surface area contributed by atoms with E-state index in [-0.39, 0.29) is 6.10 Å². The average Bonchev–Trinajstić information content (AvgIpc) is 3.24. The predicted molar refractivity (Wildman–Crippen MR) is 105 cm³/mol. The molecule has 0 radical (unpaired) electrons. The summed E-state index contributed by atoms with van der Waals surface area (Å²) in [6.45, 7) is 3.00. The van der Waals surface area contributed by atoms with E-state index >= 15 is 0 Å². The molecule has 1 N–H and O–H groups in total. The summed E-state index contributed by atoms with van der Waals surface area (Å²) >= 11 is 1.66. The second-order valence-corrected chi connectivity index (χ2v) is 8.84. The van der Waals surface area contributed by atoms with E-state index in [9.17, 15) is 5.11 Å². The molecule has 5 heteroatoms. The van der Waals surface area contributed by atoms with Crippen molar-refractivity contribution >= 4 is 11.3 Å². The Labute approximate surface area is 160 Å². The molecule has 0 spiro atoms. The molecular formula is C21H29N3OS. The van der Waals surface area contributed by atoms with Gasteiger partial charge in [0, 0.05) is 35.3 Å². The summed E-state index contributed by atoms with van der Waals surface area (Å²) in [5.41, 5.74) is 1.21. The summed E-state index contributed by atoms with van der Waals surface area (Å²) in [4.78, 5) is 12.9. The average molecular weight is 372 g/mol. The Morgan fingerprint density at radius 3 is 2.46 bits per heavy atom. The monoisotopic (exact) mass is 371 g/mol. The SMILES string of the molecule is O[C@H](c1cccs1)C1CCN(Cc2cnc(C3CCCCC3)nc2)CC1. The van der Waals surface area contributed by atoms with Crippen molar-refractivity contribution in [3.05, 3.63) is 46.2 Å². The van der Waals surface area contributed by atoms with Crippen LogP contribution in [0.5, 0.6) is 0 Å². The Hall–Kier alpha value is -1.30. The first kappa shape index (κ1) is 18.1. The minimum atomic E-state index is -0.296. The summed E-state index contributed by atoms with van der Waals surface area (Å²) in [6.07, 6.45) is 12.4. The van der Waals surface area contributed by atoms with Crippen molar-refractivity contribution in [1.82, 2.24) is 14.9 Å². The molecule has 1 atom stereocenters. The zero-order valence-electron chi connectivity index (χ0n) is 15.4. The zero-order valence-corrected chi connectivity index (χ0v) is 16.2. The lowest BCUT2D eigenvalue weighted by atomic mass is 9.88. The van der Waals surface area contributed by atoms with E-state index in [0.29, 0.717) is 11.8 Å². The molecule has 2 fully saturated rings. The van der Waals surface area contributed by atoms with Gasteiger partial charge in [0.2, 0.25) is 0 Å². The fourth-order valence-corrected chi connectivity index (χ4v) is 5.20. The van der Waals surface area contributed by atoms with E-state index in [4.69, 9.17) is 0 Å². The first-order chi connectivity index (χ1) is 12.8. The fraction of sp³-hybridized carbons (Fsp3) is 0.619. The minimum absolute atomic E-state index is 0.296. The van der Waals surface area contributed by atoms with Crippen LogP contribution in [0.25, 0.3) is 0 Å². The number of rotatable bonds is 5. The maximum absolute atomic E-state index is 10.5. The maximum Gasteiger partial charge on any atom is 0.131 e. The number of piperidine rings is 1. The summed E-state index contributed by atoms with van der Waals surface area (Å²) in [5, 5.41) is 12.6. The van der Waals surface area contributed by atoms with Crippen molar-refractivity contribution in [3.63, 3.8) is 0 Å². The van der Waals surface area contributed by atoms with Crippen molar-refractivity contribution in [1.29, 1.82) is 0 Å². The van der Waals surface area contributed by atoms with Crippen LogP contribution in [-0.2, 0) is 6.54 Å². The molecular weight excluding hydrogens is 342 g/mol. The highest BCUT2D eigenvalue weighted by atomic mass is 32.1. The minimum Gasteiger partial charge on any atom is -0.387 e.